The van der Waals surface area contributed by atoms with Gasteiger partial charge in [-0.25, -0.2) is 0 Å². The van der Waals surface area contributed by atoms with Gasteiger partial charge < -0.3 is 19.6 Å². The molecule has 0 spiro atoms. The molecule has 0 bridgehead atoms. The molecular formula is C18H25N5O. The average Bonchev–Trinajstić information content (AvgIpc) is 3.35. The van der Waals surface area contributed by atoms with Crippen LogP contribution in [0.3, 0.4) is 0 Å². The summed E-state index contributed by atoms with van der Waals surface area (Å²) in [5.41, 5.74) is 3.80. The van der Waals surface area contributed by atoms with Crippen molar-refractivity contribution in [2.75, 3.05) is 41.3 Å². The molecule has 6 heteroatoms. The highest BCUT2D eigenvalue weighted by Gasteiger charge is 2.22. The molecule has 2 aromatic rings. The topological polar surface area (TPSA) is 57.4 Å². The lowest BCUT2D eigenvalue weighted by atomic mass is 10.2. The fraction of sp³-hybridized carbons (Fsp3) is 0.556. The Labute approximate surface area is 142 Å². The first kappa shape index (κ1) is 15.3. The minimum atomic E-state index is 0.562. The maximum atomic E-state index is 5.27. The summed E-state index contributed by atoms with van der Waals surface area (Å²) in [5.74, 6) is 1.32. The number of hydrogen-bond donors (Lipinski definition) is 1. The summed E-state index contributed by atoms with van der Waals surface area (Å²) >= 11 is 0. The van der Waals surface area contributed by atoms with Gasteiger partial charge >= 0.3 is 0 Å². The smallest absolute Gasteiger partial charge is 0.245 e. The molecule has 128 valence electrons. The Kier molecular flexibility index (Phi) is 4.28. The van der Waals surface area contributed by atoms with Crippen LogP contribution in [-0.2, 0) is 6.54 Å². The van der Waals surface area contributed by atoms with E-state index in [1.54, 1.807) is 0 Å². The Bertz CT molecular complexity index is 652. The summed E-state index contributed by atoms with van der Waals surface area (Å²) in [6, 6.07) is 6.64. The summed E-state index contributed by atoms with van der Waals surface area (Å²) in [6.45, 7) is 6.96. The van der Waals surface area contributed by atoms with Crippen molar-refractivity contribution >= 4 is 17.1 Å². The largest absolute Gasteiger partial charge is 0.373 e. The molecule has 2 aliphatic rings. The molecule has 1 aromatic carbocycles. The second kappa shape index (κ2) is 6.71. The molecule has 0 unspecified atom stereocenters. The minimum absolute atomic E-state index is 0.562. The first-order valence-corrected chi connectivity index (χ1v) is 8.97. The van der Waals surface area contributed by atoms with Gasteiger partial charge in [-0.2, -0.15) is 4.98 Å². The second-order valence-corrected chi connectivity index (χ2v) is 6.65. The van der Waals surface area contributed by atoms with Crippen LogP contribution in [0.2, 0.25) is 0 Å². The van der Waals surface area contributed by atoms with Crippen molar-refractivity contribution < 1.29 is 4.52 Å². The molecule has 24 heavy (non-hydrogen) atoms. The summed E-state index contributed by atoms with van der Waals surface area (Å²) in [6.07, 6.45) is 5.10. The van der Waals surface area contributed by atoms with Gasteiger partial charge in [-0.05, 0) is 44.7 Å². The highest BCUT2D eigenvalue weighted by molar-refractivity contribution is 5.84. The summed E-state index contributed by atoms with van der Waals surface area (Å²) in [5, 5.41) is 7.47. The van der Waals surface area contributed by atoms with E-state index in [2.05, 4.69) is 43.5 Å². The molecule has 6 nitrogen and oxygen atoms in total. The monoisotopic (exact) mass is 327 g/mol. The van der Waals surface area contributed by atoms with Gasteiger partial charge in [-0.1, -0.05) is 11.2 Å². The van der Waals surface area contributed by atoms with Crippen molar-refractivity contribution in [2.24, 2.45) is 0 Å². The number of nitrogens with zero attached hydrogens (tertiary/aromatic N) is 4. The van der Waals surface area contributed by atoms with Crippen LogP contribution in [0, 0.1) is 6.92 Å². The normalized spacial score (nSPS) is 17.7. The van der Waals surface area contributed by atoms with E-state index in [4.69, 9.17) is 4.52 Å². The van der Waals surface area contributed by atoms with Crippen LogP contribution in [0.25, 0.3) is 0 Å². The molecule has 3 heterocycles. The fourth-order valence-corrected chi connectivity index (χ4v) is 3.73. The number of anilines is 3. The van der Waals surface area contributed by atoms with Crippen molar-refractivity contribution in [1.29, 1.82) is 0 Å². The van der Waals surface area contributed by atoms with E-state index < -0.39 is 0 Å². The fourth-order valence-electron chi connectivity index (χ4n) is 3.73. The van der Waals surface area contributed by atoms with Crippen LogP contribution in [-0.4, -0.2) is 36.3 Å². The van der Waals surface area contributed by atoms with Gasteiger partial charge in [-0.3, -0.25) is 0 Å². The average molecular weight is 327 g/mol. The van der Waals surface area contributed by atoms with Crippen molar-refractivity contribution in [3.8, 4) is 0 Å². The molecule has 0 radical (unpaired) electrons. The Morgan fingerprint density at radius 3 is 2.08 bits per heavy atom. The number of para-hydroxylation sites is 1. The van der Waals surface area contributed by atoms with Crippen LogP contribution in [0.4, 0.5) is 17.1 Å². The molecule has 0 amide bonds. The van der Waals surface area contributed by atoms with Crippen LogP contribution in [0.15, 0.2) is 22.7 Å². The van der Waals surface area contributed by atoms with E-state index in [-0.39, 0.29) is 0 Å². The summed E-state index contributed by atoms with van der Waals surface area (Å²) < 4.78 is 5.27. The maximum Gasteiger partial charge on any atom is 0.245 e. The quantitative estimate of drug-likeness (QED) is 0.910. The van der Waals surface area contributed by atoms with E-state index >= 15 is 0 Å². The molecule has 2 saturated heterocycles. The lowest BCUT2D eigenvalue weighted by Gasteiger charge is -2.28. The molecule has 2 fully saturated rings. The standard InChI is InChI=1S/C18H25N5O/c1-14-20-17(24-21-14)13-19-18-15(22-9-2-3-10-22)7-6-8-16(18)23-11-4-5-12-23/h6-8,19H,2-5,9-13H2,1H3. The van der Waals surface area contributed by atoms with E-state index in [1.807, 2.05) is 6.92 Å². The highest BCUT2D eigenvalue weighted by atomic mass is 16.5. The van der Waals surface area contributed by atoms with Crippen molar-refractivity contribution in [2.45, 2.75) is 39.2 Å². The van der Waals surface area contributed by atoms with Crippen molar-refractivity contribution in [3.05, 3.63) is 29.9 Å². The number of benzene rings is 1. The number of nitrogens with one attached hydrogen (secondary N) is 1. The van der Waals surface area contributed by atoms with E-state index in [0.717, 1.165) is 26.2 Å². The summed E-state index contributed by atoms with van der Waals surface area (Å²) in [7, 11) is 0. The van der Waals surface area contributed by atoms with Crippen LogP contribution in [0.1, 0.15) is 37.4 Å². The van der Waals surface area contributed by atoms with Crippen LogP contribution >= 0.6 is 0 Å². The summed E-state index contributed by atoms with van der Waals surface area (Å²) in [4.78, 5) is 9.29. The van der Waals surface area contributed by atoms with E-state index in [9.17, 15) is 0 Å². The van der Waals surface area contributed by atoms with Crippen LogP contribution < -0.4 is 15.1 Å². The number of hydrogen-bond acceptors (Lipinski definition) is 6. The third kappa shape index (κ3) is 3.05. The van der Waals surface area contributed by atoms with Gasteiger partial charge in [0.05, 0.1) is 23.6 Å². The molecule has 1 aromatic heterocycles. The third-order valence-corrected chi connectivity index (χ3v) is 4.90. The SMILES string of the molecule is Cc1noc(CNc2c(N3CCCC3)cccc2N2CCCC2)n1. The predicted octanol–water partition coefficient (Wildman–Crippen LogP) is 3.19. The maximum absolute atomic E-state index is 5.27. The Morgan fingerprint density at radius 2 is 1.58 bits per heavy atom. The highest BCUT2D eigenvalue weighted by Crippen LogP contribution is 2.38. The Balaban J connectivity index is 1.64. The predicted molar refractivity (Wildman–Crippen MR) is 95.7 cm³/mol. The van der Waals surface area contributed by atoms with Crippen molar-refractivity contribution in [1.82, 2.24) is 10.1 Å². The van der Waals surface area contributed by atoms with Gasteiger partial charge in [0.1, 0.15) is 0 Å². The van der Waals surface area contributed by atoms with Gasteiger partial charge in [0.2, 0.25) is 5.89 Å². The Morgan fingerprint density at radius 1 is 1.00 bits per heavy atom. The van der Waals surface area contributed by atoms with Crippen molar-refractivity contribution in [3.63, 3.8) is 0 Å². The third-order valence-electron chi connectivity index (χ3n) is 4.90. The molecule has 2 aliphatic heterocycles. The Hall–Kier alpha value is -2.24. The lowest BCUT2D eigenvalue weighted by molar-refractivity contribution is 0.379. The van der Waals surface area contributed by atoms with E-state index in [1.165, 1.54) is 42.7 Å². The molecule has 4 rings (SSSR count). The molecule has 0 aliphatic carbocycles. The number of aromatic nitrogens is 2. The number of rotatable bonds is 5. The zero-order valence-electron chi connectivity index (χ0n) is 14.3. The van der Waals surface area contributed by atoms with Gasteiger partial charge in [0.25, 0.3) is 0 Å². The van der Waals surface area contributed by atoms with E-state index in [0.29, 0.717) is 18.3 Å². The molecule has 0 saturated carbocycles. The van der Waals surface area contributed by atoms with Gasteiger partial charge in [-0.15, -0.1) is 0 Å². The van der Waals surface area contributed by atoms with Gasteiger partial charge in [0.15, 0.2) is 5.82 Å². The number of aryl methyl sites for hydroxylation is 1. The van der Waals surface area contributed by atoms with Crippen LogP contribution in [0.5, 0.6) is 0 Å². The lowest BCUT2D eigenvalue weighted by Crippen LogP contribution is -2.23. The zero-order valence-corrected chi connectivity index (χ0v) is 14.3. The molecular weight excluding hydrogens is 302 g/mol. The second-order valence-electron chi connectivity index (χ2n) is 6.65. The first-order valence-electron chi connectivity index (χ1n) is 8.97. The zero-order chi connectivity index (χ0) is 16.4. The minimum Gasteiger partial charge on any atom is -0.373 e. The first-order chi connectivity index (χ1) is 11.8. The van der Waals surface area contributed by atoms with Gasteiger partial charge in [0, 0.05) is 26.2 Å². The molecule has 1 N–H and O–H groups in total. The molecule has 0 atom stereocenters.